The Balaban J connectivity index is -0.000000208. The van der Waals surface area contributed by atoms with Crippen LogP contribution in [0, 0.1) is 22.2 Å². The first-order chi connectivity index (χ1) is 46.8. The molecule has 2 aromatic carbocycles. The molecular weight excluding hydrogens is 1280 g/mol. The van der Waals surface area contributed by atoms with Gasteiger partial charge < -0.3 is 20.0 Å². The van der Waals surface area contributed by atoms with Crippen LogP contribution in [-0.4, -0.2) is 135 Å². The molecule has 4 aromatic rings. The number of carbonyl (C=O) groups excluding carboxylic acids is 5. The van der Waals surface area contributed by atoms with Crippen molar-refractivity contribution in [2.45, 2.75) is 357 Å². The van der Waals surface area contributed by atoms with Gasteiger partial charge in [-0.05, 0) is 151 Å². The predicted octanol–water partition coefficient (Wildman–Crippen LogP) is 22.7. The van der Waals surface area contributed by atoms with Gasteiger partial charge in [0.15, 0.2) is 0 Å². The van der Waals surface area contributed by atoms with Gasteiger partial charge in [0.2, 0.25) is 17.7 Å². The molecule has 7 rings (SSSR count). The first-order valence-corrected chi connectivity index (χ1v) is 39.3. The zero-order valence-corrected chi connectivity index (χ0v) is 73.0. The van der Waals surface area contributed by atoms with Crippen LogP contribution in [0.15, 0.2) is 73.3 Å². The molecule has 1 saturated carbocycles. The zero-order valence-electron chi connectivity index (χ0n) is 73.0. The molecule has 3 fully saturated rings. The molecule has 4 heterocycles. The Morgan fingerprint density at radius 2 is 0.922 bits per heavy atom. The first-order valence-electron chi connectivity index (χ1n) is 39.3. The minimum atomic E-state index is -0.0505. The highest BCUT2D eigenvalue weighted by Gasteiger charge is 2.30. The number of amides is 2. The summed E-state index contributed by atoms with van der Waals surface area (Å²) in [6.07, 6.45) is 17.0. The SMILES string of the molecule is C.C.CC.CC.CC.CC.CC.CC.CC(=O)CCn1cc(C(C)(C)C)cn1.CC(=O)Cc1ccc(CCC(C)(C)C)cc1.CC(=O)N1CCN(c2ccc(C(C)(C)C)cc2)CC1.CC(=O)NC1CCC(C(C)(C)C)CC1.CC(=O)n1cc(C(C)(C)C)cn1.C[C@@H](CC(C)(C)C)N1CCN(C)CC1. The number of carbonyl (C=O) groups is 5. The van der Waals surface area contributed by atoms with Crippen LogP contribution in [0.25, 0.3) is 0 Å². The second kappa shape index (κ2) is 57.7. The van der Waals surface area contributed by atoms with Crippen molar-refractivity contribution in [3.8, 4) is 0 Å². The van der Waals surface area contributed by atoms with Crippen molar-refractivity contribution in [2.75, 3.05) is 64.3 Å². The topological polar surface area (TPSA) is 146 Å². The van der Waals surface area contributed by atoms with Gasteiger partial charge in [0.1, 0.15) is 11.6 Å². The normalized spacial score (nSPS) is 15.3. The summed E-state index contributed by atoms with van der Waals surface area (Å²) in [5, 5.41) is 11.2. The predicted molar refractivity (Wildman–Crippen MR) is 455 cm³/mol. The van der Waals surface area contributed by atoms with Crippen molar-refractivity contribution >= 4 is 35.0 Å². The summed E-state index contributed by atoms with van der Waals surface area (Å²) < 4.78 is 3.20. The summed E-state index contributed by atoms with van der Waals surface area (Å²) in [7, 11) is 2.21. The summed E-state index contributed by atoms with van der Waals surface area (Å²) >= 11 is 0. The maximum Gasteiger partial charge on any atom is 0.243 e. The third kappa shape index (κ3) is 53.9. The minimum absolute atomic E-state index is 0. The fourth-order valence-corrected chi connectivity index (χ4v) is 10.8. The number of benzene rings is 2. The van der Waals surface area contributed by atoms with Gasteiger partial charge in [0, 0.05) is 123 Å². The van der Waals surface area contributed by atoms with Crippen molar-refractivity contribution in [3.05, 3.63) is 101 Å². The number of aromatic nitrogens is 4. The van der Waals surface area contributed by atoms with Crippen LogP contribution >= 0.6 is 0 Å². The van der Waals surface area contributed by atoms with Gasteiger partial charge >= 0.3 is 0 Å². The second-order valence-electron chi connectivity index (χ2n) is 32.3. The van der Waals surface area contributed by atoms with E-state index in [-0.39, 0.29) is 60.4 Å². The molecule has 2 aliphatic heterocycles. The van der Waals surface area contributed by atoms with Gasteiger partial charge in [0.05, 0.1) is 12.4 Å². The van der Waals surface area contributed by atoms with Crippen LogP contribution < -0.4 is 10.2 Å². The number of nitrogens with one attached hydrogen (secondary N) is 1. The van der Waals surface area contributed by atoms with Crippen LogP contribution in [-0.2, 0) is 54.8 Å². The van der Waals surface area contributed by atoms with Crippen LogP contribution in [0.5, 0.6) is 0 Å². The molecule has 1 atom stereocenters. The van der Waals surface area contributed by atoms with E-state index in [1.807, 2.05) is 105 Å². The molecule has 0 bridgehead atoms. The van der Waals surface area contributed by atoms with Crippen molar-refractivity contribution in [3.63, 3.8) is 0 Å². The number of Topliss-reactive ketones (excluding diaryl/α,β-unsaturated/α-hetero) is 2. The maximum absolute atomic E-state index is 11.3. The maximum atomic E-state index is 11.3. The number of piperazine rings is 2. The van der Waals surface area contributed by atoms with Gasteiger partial charge in [-0.15, -0.1) is 0 Å². The molecule has 14 heteroatoms. The summed E-state index contributed by atoms with van der Waals surface area (Å²) in [6.45, 7) is 83.7. The average molecular weight is 1450 g/mol. The van der Waals surface area contributed by atoms with Gasteiger partial charge in [-0.1, -0.05) is 259 Å². The highest BCUT2D eigenvalue weighted by molar-refractivity contribution is 5.78. The molecule has 1 aliphatic carbocycles. The molecular formula is C89H171N9O5. The van der Waals surface area contributed by atoms with Gasteiger partial charge in [0.25, 0.3) is 0 Å². The van der Waals surface area contributed by atoms with E-state index < -0.39 is 0 Å². The summed E-state index contributed by atoms with van der Waals surface area (Å²) in [4.78, 5) is 64.1. The lowest BCUT2D eigenvalue weighted by molar-refractivity contribution is -0.129. The molecule has 0 unspecified atom stereocenters. The Kier molecular flexibility index (Phi) is 62.1. The molecule has 602 valence electrons. The summed E-state index contributed by atoms with van der Waals surface area (Å²) in [5.41, 5.74) is 9.07. The van der Waals surface area contributed by atoms with Crippen molar-refractivity contribution in [1.29, 1.82) is 0 Å². The van der Waals surface area contributed by atoms with E-state index in [2.05, 4.69) is 217 Å². The number of anilines is 1. The Bertz CT molecular complexity index is 2710. The van der Waals surface area contributed by atoms with E-state index in [1.165, 1.54) is 85.8 Å². The molecule has 2 aromatic heterocycles. The van der Waals surface area contributed by atoms with E-state index in [1.54, 1.807) is 40.1 Å². The standard InChI is InChI=1S/C16H24N2O.C15H22O.C12H26N2.C12H23NO.C11H18N2O.C9H14N2O.6C2H6.2CH4/c1-13(19)17-9-11-18(12-10-17)15-7-5-14(6-8-15)16(2,3)4;1-12(16)11-14-7-5-13(6-8-14)9-10-15(2,3)4;1-11(10-12(2,3)4)14-8-6-13(5)7-9-14;1-9(14)13-11-7-5-10(6-8-11)12(2,3)4;1-9(14)5-6-13-8-10(7-12-13)11(2,3)4;1-7(12)11-6-8(5-10-11)9(2,3)4;6*1-2;;/h5-8H,9-12H2,1-4H3;5-8H,9-11H2,1-4H3;11H,6-10H2,1-5H3;10-11H,5-8H2,1-4H3,(H,13,14);7-8H,5-6H2,1-4H3;5-6H,1-4H3;6*1-2H3;2*1H4/t;;11-;;;;;;;;;;;/m..0.........../s1. The van der Waals surface area contributed by atoms with E-state index in [9.17, 15) is 24.0 Å². The number of nitrogens with zero attached hydrogens (tertiary/aromatic N) is 8. The monoisotopic (exact) mass is 1450 g/mol. The molecule has 0 radical (unpaired) electrons. The van der Waals surface area contributed by atoms with E-state index in [4.69, 9.17) is 0 Å². The highest BCUT2D eigenvalue weighted by Crippen LogP contribution is 2.38. The molecule has 1 N–H and O–H groups in total. The van der Waals surface area contributed by atoms with Crippen LogP contribution in [0.1, 0.15) is 342 Å². The largest absolute Gasteiger partial charge is 0.368 e. The number of hydrogen-bond acceptors (Lipinski definition) is 10. The third-order valence-corrected chi connectivity index (χ3v) is 16.9. The van der Waals surface area contributed by atoms with Crippen LogP contribution in [0.4, 0.5) is 5.69 Å². The molecule has 0 spiro atoms. The van der Waals surface area contributed by atoms with Crippen molar-refractivity contribution in [1.82, 2.24) is 39.6 Å². The second-order valence-corrected chi connectivity index (χ2v) is 32.3. The van der Waals surface area contributed by atoms with Crippen LogP contribution in [0.2, 0.25) is 0 Å². The van der Waals surface area contributed by atoms with Gasteiger partial charge in [-0.3, -0.25) is 33.6 Å². The Morgan fingerprint density at radius 3 is 1.26 bits per heavy atom. The average Bonchev–Trinajstić information content (AvgIpc) is 1.01. The number of rotatable bonds is 11. The van der Waals surface area contributed by atoms with Crippen molar-refractivity contribution < 1.29 is 24.0 Å². The van der Waals surface area contributed by atoms with Crippen molar-refractivity contribution in [2.24, 2.45) is 22.2 Å². The zero-order chi connectivity index (χ0) is 79.9. The van der Waals surface area contributed by atoms with Gasteiger partial charge in [-0.2, -0.15) is 10.2 Å². The third-order valence-electron chi connectivity index (χ3n) is 16.9. The summed E-state index contributed by atoms with van der Waals surface area (Å²) in [5.74, 6) is 1.50. The first kappa shape index (κ1) is 111. The number of likely N-dealkylation sites (N-methyl/N-ethyl adjacent to an activating group) is 1. The lowest BCUT2D eigenvalue weighted by Crippen LogP contribution is -2.48. The molecule has 103 heavy (non-hydrogen) atoms. The quantitative estimate of drug-likeness (QED) is 0.154. The minimum Gasteiger partial charge on any atom is -0.368 e. The fourth-order valence-electron chi connectivity index (χ4n) is 10.8. The van der Waals surface area contributed by atoms with E-state index >= 15 is 0 Å². The lowest BCUT2D eigenvalue weighted by Gasteiger charge is -2.38. The highest BCUT2D eigenvalue weighted by atomic mass is 16.2. The number of aryl methyl sites for hydroxylation is 2. The number of hydrogen-bond donors (Lipinski definition) is 1. The van der Waals surface area contributed by atoms with E-state index in [0.29, 0.717) is 41.7 Å². The smallest absolute Gasteiger partial charge is 0.243 e. The van der Waals surface area contributed by atoms with E-state index in [0.717, 1.165) is 68.5 Å². The summed E-state index contributed by atoms with van der Waals surface area (Å²) in [6, 6.07) is 18.4. The Morgan fingerprint density at radius 1 is 0.495 bits per heavy atom. The molecule has 14 nitrogen and oxygen atoms in total. The fraction of sp³-hybridized carbons (Fsp3) is 0.742. The Labute approximate surface area is 639 Å². The Hall–Kier alpha value is -5.47. The van der Waals surface area contributed by atoms with Gasteiger partial charge in [-0.25, -0.2) is 4.68 Å². The lowest BCUT2D eigenvalue weighted by atomic mass is 9.71. The number of ketones is 2. The van der Waals surface area contributed by atoms with Crippen LogP contribution in [0.3, 0.4) is 0 Å². The molecule has 2 amide bonds. The molecule has 3 aliphatic rings. The molecule has 2 saturated heterocycles.